The van der Waals surface area contributed by atoms with Gasteiger partial charge in [-0.2, -0.15) is 0 Å². The first-order valence-electron chi connectivity index (χ1n) is 8.45. The number of nitrogens with zero attached hydrogens (tertiary/aromatic N) is 2. The topological polar surface area (TPSA) is 46.9 Å². The predicted molar refractivity (Wildman–Crippen MR) is 106 cm³/mol. The number of hydrogen-bond donors (Lipinski definition) is 1. The number of fused-ring (bicyclic) bond motifs is 1. The van der Waals surface area contributed by atoms with Crippen LogP contribution in [-0.2, 0) is 13.1 Å². The molecule has 4 rings (SSSR count). The van der Waals surface area contributed by atoms with Gasteiger partial charge in [0.15, 0.2) is 5.16 Å². The first-order chi connectivity index (χ1) is 12.6. The summed E-state index contributed by atoms with van der Waals surface area (Å²) in [6, 6.07) is 15.3. The van der Waals surface area contributed by atoms with Crippen molar-refractivity contribution in [3.8, 4) is 11.3 Å². The van der Waals surface area contributed by atoms with Gasteiger partial charge < -0.3 is 9.88 Å². The summed E-state index contributed by atoms with van der Waals surface area (Å²) >= 11 is 7.76. The predicted octanol–water partition coefficient (Wildman–Crippen LogP) is 4.55. The van der Waals surface area contributed by atoms with E-state index in [1.807, 2.05) is 55.5 Å². The zero-order valence-electron chi connectivity index (χ0n) is 14.3. The highest BCUT2D eigenvalue weighted by Gasteiger charge is 2.23. The SMILES string of the molecule is Cc1ccccc1C(=O)NCc1c(-c2ccc(Cl)cc2)nc2n1CCS2. The molecule has 1 N–H and O–H groups in total. The molecule has 1 amide bonds. The lowest BCUT2D eigenvalue weighted by Crippen LogP contribution is -2.25. The van der Waals surface area contributed by atoms with E-state index in [0.29, 0.717) is 17.1 Å². The summed E-state index contributed by atoms with van der Waals surface area (Å²) in [6.07, 6.45) is 0. The summed E-state index contributed by atoms with van der Waals surface area (Å²) in [5.74, 6) is 0.952. The Kier molecular flexibility index (Phi) is 4.74. The van der Waals surface area contributed by atoms with Crippen LogP contribution in [0.5, 0.6) is 0 Å². The monoisotopic (exact) mass is 383 g/mol. The van der Waals surface area contributed by atoms with E-state index in [-0.39, 0.29) is 5.91 Å². The highest BCUT2D eigenvalue weighted by atomic mass is 35.5. The van der Waals surface area contributed by atoms with Crippen molar-refractivity contribution in [1.82, 2.24) is 14.9 Å². The summed E-state index contributed by atoms with van der Waals surface area (Å²) in [5.41, 5.74) is 4.63. The molecule has 2 heterocycles. The summed E-state index contributed by atoms with van der Waals surface area (Å²) in [6.45, 7) is 3.30. The van der Waals surface area contributed by atoms with Crippen molar-refractivity contribution < 1.29 is 4.79 Å². The molecule has 3 aromatic rings. The van der Waals surface area contributed by atoms with Crippen LogP contribution in [0, 0.1) is 6.92 Å². The fraction of sp³-hybridized carbons (Fsp3) is 0.200. The molecule has 1 aromatic heterocycles. The Morgan fingerprint density at radius 2 is 2.00 bits per heavy atom. The molecule has 1 aliphatic heterocycles. The van der Waals surface area contributed by atoms with Crippen molar-refractivity contribution in [2.45, 2.75) is 25.2 Å². The second kappa shape index (κ2) is 7.17. The van der Waals surface area contributed by atoms with E-state index in [9.17, 15) is 4.79 Å². The van der Waals surface area contributed by atoms with E-state index in [4.69, 9.17) is 16.6 Å². The van der Waals surface area contributed by atoms with Crippen LogP contribution in [0.15, 0.2) is 53.7 Å². The number of carbonyl (C=O) groups is 1. The fourth-order valence-corrected chi connectivity index (χ4v) is 4.23. The number of nitrogens with one attached hydrogen (secondary N) is 1. The van der Waals surface area contributed by atoms with Crippen LogP contribution in [0.3, 0.4) is 0 Å². The second-order valence-corrected chi connectivity index (χ2v) is 7.69. The highest BCUT2D eigenvalue weighted by molar-refractivity contribution is 7.99. The summed E-state index contributed by atoms with van der Waals surface area (Å²) in [4.78, 5) is 17.4. The average molecular weight is 384 g/mol. The van der Waals surface area contributed by atoms with Crippen molar-refractivity contribution in [1.29, 1.82) is 0 Å². The van der Waals surface area contributed by atoms with Gasteiger partial charge >= 0.3 is 0 Å². The normalized spacial score (nSPS) is 12.8. The molecule has 0 atom stereocenters. The molecule has 6 heteroatoms. The van der Waals surface area contributed by atoms with Crippen molar-refractivity contribution in [2.24, 2.45) is 0 Å². The van der Waals surface area contributed by atoms with Crippen LogP contribution in [0.1, 0.15) is 21.6 Å². The zero-order chi connectivity index (χ0) is 18.1. The second-order valence-electron chi connectivity index (χ2n) is 6.19. The number of rotatable bonds is 4. The molecule has 26 heavy (non-hydrogen) atoms. The first-order valence-corrected chi connectivity index (χ1v) is 9.82. The number of halogens is 1. The van der Waals surface area contributed by atoms with Gasteiger partial charge in [0.2, 0.25) is 0 Å². The summed E-state index contributed by atoms with van der Waals surface area (Å²) in [5, 5.41) is 4.77. The van der Waals surface area contributed by atoms with Crippen molar-refractivity contribution in [2.75, 3.05) is 5.75 Å². The van der Waals surface area contributed by atoms with E-state index < -0.39 is 0 Å². The minimum Gasteiger partial charge on any atom is -0.346 e. The first kappa shape index (κ1) is 17.2. The molecule has 0 saturated heterocycles. The third kappa shape index (κ3) is 3.24. The Balaban J connectivity index is 1.63. The van der Waals surface area contributed by atoms with Gasteiger partial charge in [0.05, 0.1) is 17.9 Å². The van der Waals surface area contributed by atoms with Gasteiger partial charge in [-0.15, -0.1) is 0 Å². The van der Waals surface area contributed by atoms with E-state index in [2.05, 4.69) is 9.88 Å². The molecular formula is C20H18ClN3OS. The third-order valence-corrected chi connectivity index (χ3v) is 5.72. The van der Waals surface area contributed by atoms with Crippen molar-refractivity contribution >= 4 is 29.3 Å². The molecule has 0 aliphatic carbocycles. The van der Waals surface area contributed by atoms with E-state index in [1.54, 1.807) is 11.8 Å². The molecule has 4 nitrogen and oxygen atoms in total. The van der Waals surface area contributed by atoms with Gasteiger partial charge in [0.1, 0.15) is 0 Å². The van der Waals surface area contributed by atoms with Crippen molar-refractivity contribution in [3.63, 3.8) is 0 Å². The van der Waals surface area contributed by atoms with Crippen LogP contribution in [0.4, 0.5) is 0 Å². The Hall–Kier alpha value is -2.24. The molecule has 0 spiro atoms. The van der Waals surface area contributed by atoms with Gasteiger partial charge in [-0.05, 0) is 30.7 Å². The lowest BCUT2D eigenvalue weighted by molar-refractivity contribution is 0.0949. The number of amides is 1. The lowest BCUT2D eigenvalue weighted by Gasteiger charge is -2.11. The van der Waals surface area contributed by atoms with Gasteiger partial charge in [-0.3, -0.25) is 4.79 Å². The number of hydrogen-bond acceptors (Lipinski definition) is 3. The van der Waals surface area contributed by atoms with Crippen LogP contribution >= 0.6 is 23.4 Å². The maximum atomic E-state index is 12.6. The molecule has 0 fully saturated rings. The Morgan fingerprint density at radius 1 is 1.23 bits per heavy atom. The zero-order valence-corrected chi connectivity index (χ0v) is 15.9. The van der Waals surface area contributed by atoms with Crippen LogP contribution in [-0.4, -0.2) is 21.2 Å². The summed E-state index contributed by atoms with van der Waals surface area (Å²) in [7, 11) is 0. The molecule has 1 aliphatic rings. The van der Waals surface area contributed by atoms with E-state index in [1.165, 1.54) is 0 Å². The third-order valence-electron chi connectivity index (χ3n) is 4.51. The maximum Gasteiger partial charge on any atom is 0.251 e. The maximum absolute atomic E-state index is 12.6. The summed E-state index contributed by atoms with van der Waals surface area (Å²) < 4.78 is 2.20. The quantitative estimate of drug-likeness (QED) is 0.719. The Morgan fingerprint density at radius 3 is 2.77 bits per heavy atom. The Bertz CT molecular complexity index is 966. The number of imidazole rings is 1. The number of aryl methyl sites for hydroxylation is 1. The molecule has 132 valence electrons. The van der Waals surface area contributed by atoms with Gasteiger partial charge in [-0.1, -0.05) is 53.7 Å². The van der Waals surface area contributed by atoms with Gasteiger partial charge in [0.25, 0.3) is 5.91 Å². The molecule has 0 radical (unpaired) electrons. The number of benzene rings is 2. The van der Waals surface area contributed by atoms with Gasteiger partial charge in [-0.25, -0.2) is 4.98 Å². The lowest BCUT2D eigenvalue weighted by atomic mass is 10.1. The standard InChI is InChI=1S/C20H18ClN3OS/c1-13-4-2-3-5-16(13)19(25)22-12-17-18(14-6-8-15(21)9-7-14)23-20-24(17)10-11-26-20/h2-9H,10-12H2,1H3,(H,22,25). The smallest absolute Gasteiger partial charge is 0.251 e. The number of aromatic nitrogens is 2. The molecule has 0 saturated carbocycles. The molecule has 0 unspecified atom stereocenters. The van der Waals surface area contributed by atoms with E-state index >= 15 is 0 Å². The highest BCUT2D eigenvalue weighted by Crippen LogP contribution is 2.33. The number of thioether (sulfide) groups is 1. The molecular weight excluding hydrogens is 366 g/mol. The fourth-order valence-electron chi connectivity index (χ4n) is 3.14. The van der Waals surface area contributed by atoms with Crippen LogP contribution in [0.25, 0.3) is 11.3 Å². The van der Waals surface area contributed by atoms with E-state index in [0.717, 1.165) is 40.0 Å². The molecule has 2 aromatic carbocycles. The Labute approximate surface area is 161 Å². The average Bonchev–Trinajstić information content (AvgIpc) is 3.22. The minimum absolute atomic E-state index is 0.0636. The largest absolute Gasteiger partial charge is 0.346 e. The van der Waals surface area contributed by atoms with Crippen molar-refractivity contribution in [3.05, 3.63) is 70.4 Å². The molecule has 0 bridgehead atoms. The van der Waals surface area contributed by atoms with Crippen LogP contribution in [0.2, 0.25) is 5.02 Å². The number of carbonyl (C=O) groups excluding carboxylic acids is 1. The van der Waals surface area contributed by atoms with Gasteiger partial charge in [0, 0.05) is 28.4 Å². The van der Waals surface area contributed by atoms with Crippen LogP contribution < -0.4 is 5.32 Å². The minimum atomic E-state index is -0.0636.